The molecule has 2 aliphatic rings. The van der Waals surface area contributed by atoms with Crippen molar-refractivity contribution in [3.8, 4) is 17.4 Å². The van der Waals surface area contributed by atoms with E-state index in [1.807, 2.05) is 32.0 Å². The van der Waals surface area contributed by atoms with Gasteiger partial charge >= 0.3 is 0 Å². The number of ether oxygens (including phenoxy) is 2. The minimum atomic E-state index is -0.296. The van der Waals surface area contributed by atoms with Crippen LogP contribution in [0.15, 0.2) is 36.8 Å². The highest BCUT2D eigenvalue weighted by atomic mass is 32.1. The average molecular weight is 409 g/mol. The van der Waals surface area contributed by atoms with E-state index in [1.54, 1.807) is 18.6 Å². The number of rotatable bonds is 3. The van der Waals surface area contributed by atoms with E-state index in [9.17, 15) is 4.79 Å². The van der Waals surface area contributed by atoms with Gasteiger partial charge in [0, 0.05) is 30.4 Å². The molecule has 2 aromatic heterocycles. The molecule has 0 radical (unpaired) electrons. The molecular formula is C20H19N5O3S. The van der Waals surface area contributed by atoms with E-state index in [1.165, 1.54) is 11.3 Å². The lowest BCUT2D eigenvalue weighted by molar-refractivity contribution is 0.0901. The molecule has 8 nitrogen and oxygen atoms in total. The van der Waals surface area contributed by atoms with Crippen LogP contribution in [0, 0.1) is 0 Å². The standard InChI is InChI=1S/C20H19N5O3S/c1-20(2)10-13-17(18(26)24-20)29-19(23-13)25-7-8-27-15-4-3-12(9-14(15)25)28-16-11-21-5-6-22-16/h3-6,9,11H,7-8,10H2,1-2H3,(H,24,26). The molecule has 1 amide bonds. The van der Waals surface area contributed by atoms with Gasteiger partial charge in [-0.1, -0.05) is 11.3 Å². The van der Waals surface area contributed by atoms with E-state index >= 15 is 0 Å². The Morgan fingerprint density at radius 1 is 1.31 bits per heavy atom. The maximum absolute atomic E-state index is 12.5. The van der Waals surface area contributed by atoms with Crippen molar-refractivity contribution in [2.24, 2.45) is 0 Å². The highest BCUT2D eigenvalue weighted by molar-refractivity contribution is 7.17. The third-order valence-electron chi connectivity index (χ3n) is 4.74. The largest absolute Gasteiger partial charge is 0.490 e. The second-order valence-corrected chi connectivity index (χ2v) is 8.54. The van der Waals surface area contributed by atoms with Gasteiger partial charge in [0.15, 0.2) is 5.13 Å². The highest BCUT2D eigenvalue weighted by Crippen LogP contribution is 2.42. The van der Waals surface area contributed by atoms with Gasteiger partial charge in [-0.05, 0) is 26.0 Å². The summed E-state index contributed by atoms with van der Waals surface area (Å²) in [6.07, 6.45) is 5.44. The SMILES string of the molecule is CC1(C)Cc2nc(N3CCOc4ccc(Oc5cnccn5)cc43)sc2C(=O)N1. The van der Waals surface area contributed by atoms with Gasteiger partial charge in [-0.2, -0.15) is 0 Å². The molecule has 0 spiro atoms. The smallest absolute Gasteiger partial charge is 0.263 e. The molecule has 1 N–H and O–H groups in total. The quantitative estimate of drug-likeness (QED) is 0.710. The molecule has 4 heterocycles. The predicted molar refractivity (Wildman–Crippen MR) is 108 cm³/mol. The first-order valence-electron chi connectivity index (χ1n) is 9.29. The third-order valence-corrected chi connectivity index (χ3v) is 5.86. The molecule has 3 aromatic rings. The number of thiazole rings is 1. The number of hydrogen-bond acceptors (Lipinski definition) is 8. The Morgan fingerprint density at radius 2 is 2.21 bits per heavy atom. The van der Waals surface area contributed by atoms with E-state index in [4.69, 9.17) is 14.5 Å². The Labute approximate surface area is 171 Å². The van der Waals surface area contributed by atoms with Crippen molar-refractivity contribution in [1.29, 1.82) is 0 Å². The second kappa shape index (κ2) is 6.70. The number of carbonyl (C=O) groups is 1. The Bertz CT molecular complexity index is 1080. The fourth-order valence-corrected chi connectivity index (χ4v) is 4.51. The number of benzene rings is 1. The van der Waals surface area contributed by atoms with Crippen LogP contribution < -0.4 is 19.7 Å². The van der Waals surface area contributed by atoms with Crippen molar-refractivity contribution in [3.05, 3.63) is 47.4 Å². The van der Waals surface area contributed by atoms with Crippen LogP contribution in [0.3, 0.4) is 0 Å². The van der Waals surface area contributed by atoms with Crippen molar-refractivity contribution in [2.45, 2.75) is 25.8 Å². The van der Waals surface area contributed by atoms with E-state index in [0.29, 0.717) is 36.1 Å². The molecule has 0 saturated heterocycles. The molecule has 0 unspecified atom stereocenters. The minimum Gasteiger partial charge on any atom is -0.490 e. The van der Waals surface area contributed by atoms with Crippen LogP contribution >= 0.6 is 11.3 Å². The van der Waals surface area contributed by atoms with Crippen molar-refractivity contribution in [3.63, 3.8) is 0 Å². The zero-order chi connectivity index (χ0) is 20.0. The fourth-order valence-electron chi connectivity index (χ4n) is 3.50. The topological polar surface area (TPSA) is 89.5 Å². The van der Waals surface area contributed by atoms with Gasteiger partial charge in [0.05, 0.1) is 24.1 Å². The number of nitrogens with zero attached hydrogens (tertiary/aromatic N) is 4. The van der Waals surface area contributed by atoms with Crippen molar-refractivity contribution < 1.29 is 14.3 Å². The highest BCUT2D eigenvalue weighted by Gasteiger charge is 2.34. The third kappa shape index (κ3) is 3.38. The first-order chi connectivity index (χ1) is 14.0. The maximum atomic E-state index is 12.5. The Morgan fingerprint density at radius 3 is 3.03 bits per heavy atom. The first kappa shape index (κ1) is 17.9. The molecule has 9 heteroatoms. The zero-order valence-electron chi connectivity index (χ0n) is 16.0. The van der Waals surface area contributed by atoms with Gasteiger partial charge in [0.25, 0.3) is 5.91 Å². The van der Waals surface area contributed by atoms with Crippen LogP contribution in [-0.2, 0) is 6.42 Å². The predicted octanol–water partition coefficient (Wildman–Crippen LogP) is 3.32. The average Bonchev–Trinajstić information content (AvgIpc) is 3.11. The van der Waals surface area contributed by atoms with Crippen molar-refractivity contribution in [1.82, 2.24) is 20.3 Å². The van der Waals surface area contributed by atoms with Crippen molar-refractivity contribution >= 4 is 28.1 Å². The summed E-state index contributed by atoms with van der Waals surface area (Å²) < 4.78 is 11.6. The number of nitrogens with one attached hydrogen (secondary N) is 1. The lowest BCUT2D eigenvalue weighted by Crippen LogP contribution is -2.48. The Kier molecular flexibility index (Phi) is 4.13. The summed E-state index contributed by atoms with van der Waals surface area (Å²) in [5.74, 6) is 1.73. The normalized spacial score (nSPS) is 17.0. The van der Waals surface area contributed by atoms with Gasteiger partial charge in [-0.25, -0.2) is 9.97 Å². The monoisotopic (exact) mass is 409 g/mol. The number of anilines is 2. The lowest BCUT2D eigenvalue weighted by atomic mass is 9.94. The summed E-state index contributed by atoms with van der Waals surface area (Å²) in [5.41, 5.74) is 1.40. The van der Waals surface area contributed by atoms with Gasteiger partial charge in [-0.15, -0.1) is 0 Å². The summed E-state index contributed by atoms with van der Waals surface area (Å²) in [4.78, 5) is 28.2. The number of hydrogen-bond donors (Lipinski definition) is 1. The van der Waals surface area contributed by atoms with Crippen molar-refractivity contribution in [2.75, 3.05) is 18.1 Å². The van der Waals surface area contributed by atoms with Crippen LogP contribution in [0.25, 0.3) is 0 Å². The number of aromatic nitrogens is 3. The number of carbonyl (C=O) groups excluding carboxylic acids is 1. The summed E-state index contributed by atoms with van der Waals surface area (Å²) >= 11 is 1.41. The number of amides is 1. The van der Waals surface area contributed by atoms with Crippen LogP contribution in [0.2, 0.25) is 0 Å². The Hall–Kier alpha value is -3.20. The van der Waals surface area contributed by atoms with Gasteiger partial charge in [-0.3, -0.25) is 9.78 Å². The van der Waals surface area contributed by atoms with Gasteiger partial charge in [0.1, 0.15) is 23.0 Å². The molecule has 0 fully saturated rings. The molecule has 0 saturated carbocycles. The van der Waals surface area contributed by atoms with Crippen LogP contribution in [-0.4, -0.2) is 39.5 Å². The molecule has 5 rings (SSSR count). The summed E-state index contributed by atoms with van der Waals surface area (Å²) in [6.45, 7) is 5.19. The molecule has 1 aromatic carbocycles. The summed E-state index contributed by atoms with van der Waals surface area (Å²) in [5, 5.41) is 3.82. The van der Waals surface area contributed by atoms with Crippen LogP contribution in [0.1, 0.15) is 29.2 Å². The van der Waals surface area contributed by atoms with Crippen LogP contribution in [0.5, 0.6) is 17.4 Å². The van der Waals surface area contributed by atoms with E-state index in [2.05, 4.69) is 20.2 Å². The summed E-state index contributed by atoms with van der Waals surface area (Å²) in [6, 6.07) is 5.60. The fraction of sp³-hybridized carbons (Fsp3) is 0.300. The minimum absolute atomic E-state index is 0.0618. The molecule has 148 valence electrons. The maximum Gasteiger partial charge on any atom is 0.263 e. The Balaban J connectivity index is 1.49. The lowest BCUT2D eigenvalue weighted by Gasteiger charge is -2.29. The van der Waals surface area contributed by atoms with Gasteiger partial charge < -0.3 is 19.7 Å². The first-order valence-corrected chi connectivity index (χ1v) is 10.1. The molecular weight excluding hydrogens is 390 g/mol. The zero-order valence-corrected chi connectivity index (χ0v) is 16.8. The van der Waals surface area contributed by atoms with Crippen LogP contribution in [0.4, 0.5) is 10.8 Å². The molecule has 0 bridgehead atoms. The molecule has 29 heavy (non-hydrogen) atoms. The van der Waals surface area contributed by atoms with Gasteiger partial charge in [0.2, 0.25) is 5.88 Å². The molecule has 0 atom stereocenters. The number of fused-ring (bicyclic) bond motifs is 2. The molecule has 0 aliphatic carbocycles. The van der Waals surface area contributed by atoms with E-state index in [-0.39, 0.29) is 11.4 Å². The van der Waals surface area contributed by atoms with E-state index in [0.717, 1.165) is 22.3 Å². The second-order valence-electron chi connectivity index (χ2n) is 7.56. The summed E-state index contributed by atoms with van der Waals surface area (Å²) in [7, 11) is 0. The van der Waals surface area contributed by atoms with E-state index < -0.39 is 0 Å². The molecule has 2 aliphatic heterocycles.